The summed E-state index contributed by atoms with van der Waals surface area (Å²) < 4.78 is 32.5. The average Bonchev–Trinajstić information content (AvgIpc) is 2.24. The van der Waals surface area contributed by atoms with Crippen LogP contribution in [-0.4, -0.2) is 34.0 Å². The zero-order chi connectivity index (χ0) is 13.6. The van der Waals surface area contributed by atoms with Crippen molar-refractivity contribution < 1.29 is 17.9 Å². The Morgan fingerprint density at radius 1 is 1.22 bits per heavy atom. The summed E-state index contributed by atoms with van der Waals surface area (Å²) in [4.78, 5) is 0. The first-order valence-corrected chi connectivity index (χ1v) is 8.61. The van der Waals surface area contributed by atoms with Gasteiger partial charge in [0, 0.05) is 15.2 Å². The maximum absolute atomic E-state index is 10.6. The predicted molar refractivity (Wildman–Crippen MR) is 75.1 cm³/mol. The topological polar surface area (TPSA) is 52.6 Å². The Balaban J connectivity index is 2.22. The van der Waals surface area contributed by atoms with E-state index in [1.807, 2.05) is 6.07 Å². The van der Waals surface area contributed by atoms with E-state index < -0.39 is 9.05 Å². The monoisotopic (exact) mass is 376 g/mol. The number of halogens is 3. The minimum Gasteiger partial charge on any atom is -0.490 e. The fraction of sp³-hybridized carbons (Fsp3) is 0.400. The molecule has 4 nitrogen and oxygen atoms in total. The van der Waals surface area contributed by atoms with Crippen molar-refractivity contribution in [3.8, 4) is 5.75 Å². The molecule has 1 aromatic rings. The Kier molecular flexibility index (Phi) is 6.73. The molecule has 0 aliphatic rings. The van der Waals surface area contributed by atoms with Crippen molar-refractivity contribution in [3.05, 3.63) is 27.7 Å². The predicted octanol–water partition coefficient (Wildman–Crippen LogP) is 3.07. The molecule has 0 heterocycles. The van der Waals surface area contributed by atoms with Crippen LogP contribution < -0.4 is 4.74 Å². The van der Waals surface area contributed by atoms with Gasteiger partial charge < -0.3 is 9.47 Å². The van der Waals surface area contributed by atoms with Crippen molar-refractivity contribution in [2.24, 2.45) is 0 Å². The van der Waals surface area contributed by atoms with Gasteiger partial charge in [0.2, 0.25) is 9.05 Å². The summed E-state index contributed by atoms with van der Waals surface area (Å²) in [7, 11) is 1.52. The molecule has 0 atom stereocenters. The average molecular weight is 378 g/mol. The van der Waals surface area contributed by atoms with Gasteiger partial charge in [0.05, 0.1) is 24.0 Å². The van der Waals surface area contributed by atoms with Gasteiger partial charge in [0.15, 0.2) is 0 Å². The van der Waals surface area contributed by atoms with E-state index in [9.17, 15) is 8.42 Å². The molecule has 0 unspecified atom stereocenters. The molecule has 0 saturated carbocycles. The summed E-state index contributed by atoms with van der Waals surface area (Å²) in [5.41, 5.74) is 0. The molecule has 0 aliphatic carbocycles. The lowest BCUT2D eigenvalue weighted by Crippen LogP contribution is -2.12. The maximum atomic E-state index is 10.6. The number of hydrogen-bond acceptors (Lipinski definition) is 4. The Bertz CT molecular complexity index is 493. The highest BCUT2D eigenvalue weighted by atomic mass is 79.9. The molecule has 0 aromatic heterocycles. The molecule has 0 bridgehead atoms. The fourth-order valence-electron chi connectivity index (χ4n) is 1.06. The van der Waals surface area contributed by atoms with E-state index in [-0.39, 0.29) is 25.6 Å². The molecule has 18 heavy (non-hydrogen) atoms. The van der Waals surface area contributed by atoms with E-state index in [1.165, 1.54) is 0 Å². The normalized spacial score (nSPS) is 11.5. The lowest BCUT2D eigenvalue weighted by molar-refractivity contribution is 0.111. The lowest BCUT2D eigenvalue weighted by atomic mass is 10.3. The van der Waals surface area contributed by atoms with Crippen LogP contribution in [0.5, 0.6) is 5.75 Å². The first-order chi connectivity index (χ1) is 8.38. The van der Waals surface area contributed by atoms with Crippen molar-refractivity contribution in [2.45, 2.75) is 0 Å². The molecule has 0 saturated heterocycles. The zero-order valence-corrected chi connectivity index (χ0v) is 13.1. The highest BCUT2D eigenvalue weighted by Crippen LogP contribution is 2.27. The van der Waals surface area contributed by atoms with Crippen molar-refractivity contribution in [1.82, 2.24) is 0 Å². The molecule has 1 aromatic carbocycles. The number of rotatable bonds is 7. The van der Waals surface area contributed by atoms with Gasteiger partial charge in [0.1, 0.15) is 12.4 Å². The maximum Gasteiger partial charge on any atom is 0.234 e. The van der Waals surface area contributed by atoms with E-state index in [0.717, 1.165) is 4.47 Å². The highest BCUT2D eigenvalue weighted by molar-refractivity contribution is 9.10. The molecule has 0 N–H and O–H groups in total. The van der Waals surface area contributed by atoms with E-state index >= 15 is 0 Å². The summed E-state index contributed by atoms with van der Waals surface area (Å²) in [5, 5.41) is 0.493. The summed E-state index contributed by atoms with van der Waals surface area (Å²) in [6.45, 7) is 0.589. The van der Waals surface area contributed by atoms with Gasteiger partial charge in [-0.3, -0.25) is 0 Å². The van der Waals surface area contributed by atoms with Crippen molar-refractivity contribution in [1.29, 1.82) is 0 Å². The largest absolute Gasteiger partial charge is 0.490 e. The third-order valence-electron chi connectivity index (χ3n) is 1.85. The summed E-state index contributed by atoms with van der Waals surface area (Å²) in [5.74, 6) is 0.335. The number of hydrogen-bond donors (Lipinski definition) is 0. The second-order valence-electron chi connectivity index (χ2n) is 3.28. The Labute approximate surface area is 124 Å². The molecule has 0 spiro atoms. The molecule has 0 amide bonds. The molecule has 0 fully saturated rings. The van der Waals surface area contributed by atoms with Gasteiger partial charge in [0.25, 0.3) is 0 Å². The summed E-state index contributed by atoms with van der Waals surface area (Å²) in [6.07, 6.45) is 0. The first kappa shape index (κ1) is 16.0. The lowest BCUT2D eigenvalue weighted by Gasteiger charge is -2.08. The Morgan fingerprint density at radius 2 is 1.94 bits per heavy atom. The van der Waals surface area contributed by atoms with Gasteiger partial charge in [-0.1, -0.05) is 27.5 Å². The SMILES string of the molecule is O=S(=O)(Cl)CCOCCOc1ccc(Br)cc1Cl. The molecule has 1 rings (SSSR count). The smallest absolute Gasteiger partial charge is 0.234 e. The van der Waals surface area contributed by atoms with Gasteiger partial charge in [-0.15, -0.1) is 0 Å². The minimum absolute atomic E-state index is 0.0449. The van der Waals surface area contributed by atoms with E-state index in [1.54, 1.807) is 12.1 Å². The van der Waals surface area contributed by atoms with Crippen LogP contribution in [0.1, 0.15) is 0 Å². The van der Waals surface area contributed by atoms with Crippen LogP contribution in [0.4, 0.5) is 0 Å². The fourth-order valence-corrected chi connectivity index (χ4v) is 2.30. The Hall–Kier alpha value is -0.0100. The van der Waals surface area contributed by atoms with E-state index in [4.69, 9.17) is 31.8 Å². The number of benzene rings is 1. The standard InChI is InChI=1S/C10H11BrCl2O4S/c11-8-1-2-10(9(12)7-8)17-4-3-16-5-6-18(13,14)15/h1-2,7H,3-6H2. The van der Waals surface area contributed by atoms with Gasteiger partial charge in [-0.25, -0.2) is 8.42 Å². The molecule has 8 heteroatoms. The van der Waals surface area contributed by atoms with Crippen LogP contribution in [0, 0.1) is 0 Å². The zero-order valence-electron chi connectivity index (χ0n) is 9.24. The Morgan fingerprint density at radius 3 is 2.56 bits per heavy atom. The van der Waals surface area contributed by atoms with Crippen molar-refractivity contribution in [3.63, 3.8) is 0 Å². The quantitative estimate of drug-likeness (QED) is 0.541. The van der Waals surface area contributed by atoms with Crippen molar-refractivity contribution in [2.75, 3.05) is 25.6 Å². The number of ether oxygens (including phenoxy) is 2. The third-order valence-corrected chi connectivity index (χ3v) is 3.76. The van der Waals surface area contributed by atoms with Crippen LogP contribution >= 0.6 is 38.2 Å². The molecular weight excluding hydrogens is 367 g/mol. The van der Waals surface area contributed by atoms with Crippen LogP contribution in [0.15, 0.2) is 22.7 Å². The van der Waals surface area contributed by atoms with Gasteiger partial charge >= 0.3 is 0 Å². The molecule has 0 radical (unpaired) electrons. The van der Waals surface area contributed by atoms with Gasteiger partial charge in [-0.05, 0) is 18.2 Å². The van der Waals surface area contributed by atoms with Crippen LogP contribution in [0.3, 0.4) is 0 Å². The summed E-state index contributed by atoms with van der Waals surface area (Å²) in [6, 6.07) is 5.26. The molecular formula is C10H11BrCl2O4S. The second-order valence-corrected chi connectivity index (χ2v) is 7.50. The summed E-state index contributed by atoms with van der Waals surface area (Å²) >= 11 is 9.22. The van der Waals surface area contributed by atoms with Crippen molar-refractivity contribution >= 4 is 47.3 Å². The van der Waals surface area contributed by atoms with Crippen LogP contribution in [-0.2, 0) is 13.8 Å². The molecule has 102 valence electrons. The molecule has 0 aliphatic heterocycles. The first-order valence-electron chi connectivity index (χ1n) is 4.96. The van der Waals surface area contributed by atoms with Gasteiger partial charge in [-0.2, -0.15) is 0 Å². The highest BCUT2D eigenvalue weighted by Gasteiger charge is 2.05. The third kappa shape index (κ3) is 6.80. The minimum atomic E-state index is -3.49. The van der Waals surface area contributed by atoms with E-state index in [0.29, 0.717) is 10.8 Å². The van der Waals surface area contributed by atoms with Crippen LogP contribution in [0.2, 0.25) is 5.02 Å². The van der Waals surface area contributed by atoms with Crippen LogP contribution in [0.25, 0.3) is 0 Å². The van der Waals surface area contributed by atoms with E-state index in [2.05, 4.69) is 15.9 Å². The second kappa shape index (κ2) is 7.55.